The summed E-state index contributed by atoms with van der Waals surface area (Å²) >= 11 is 12.4. The maximum absolute atomic E-state index is 10.5. The van der Waals surface area contributed by atoms with Gasteiger partial charge in [-0.25, -0.2) is 0 Å². The molecule has 0 aliphatic carbocycles. The fourth-order valence-corrected chi connectivity index (χ4v) is 3.79. The number of hydrogen-bond acceptors (Lipinski definition) is 2. The van der Waals surface area contributed by atoms with Crippen LogP contribution in [0.1, 0.15) is 12.5 Å². The smallest absolute Gasteiger partial charge is 0.0772 e. The highest BCUT2D eigenvalue weighted by molar-refractivity contribution is 6.33. The Labute approximate surface area is 138 Å². The molecule has 2 heterocycles. The molecule has 4 rings (SSSR count). The number of piperidine rings is 1. The molecule has 1 saturated heterocycles. The van der Waals surface area contributed by atoms with Gasteiger partial charge in [0.1, 0.15) is 0 Å². The summed E-state index contributed by atoms with van der Waals surface area (Å²) in [6.45, 7) is 1.61. The van der Waals surface area contributed by atoms with Gasteiger partial charge >= 0.3 is 0 Å². The van der Waals surface area contributed by atoms with E-state index in [4.69, 9.17) is 23.2 Å². The summed E-state index contributed by atoms with van der Waals surface area (Å²) in [6.07, 6.45) is 0.402. The Hall–Kier alpha value is -1.26. The van der Waals surface area contributed by atoms with Gasteiger partial charge in [-0.2, -0.15) is 0 Å². The lowest BCUT2D eigenvalue weighted by atomic mass is 10.0. The Kier molecular flexibility index (Phi) is 3.54. The lowest BCUT2D eigenvalue weighted by Gasteiger charge is -2.31. The lowest BCUT2D eigenvalue weighted by molar-refractivity contribution is 0.0881. The van der Waals surface area contributed by atoms with E-state index < -0.39 is 0 Å². The van der Waals surface area contributed by atoms with Crippen LogP contribution in [0.5, 0.6) is 0 Å². The van der Waals surface area contributed by atoms with Crippen LogP contribution in [0.3, 0.4) is 0 Å². The molecule has 3 aromatic rings. The molecule has 2 atom stereocenters. The summed E-state index contributed by atoms with van der Waals surface area (Å²) in [4.78, 5) is 0. The Morgan fingerprint density at radius 2 is 1.59 bits per heavy atom. The standard InChI is InChI=1S/C17H16Cl2N2O/c18-10-1-3-14-12(7-10)13-8-11(19)2-4-15(13)21(14)16-9-20-6-5-17(16)22/h1-4,7-8,16-17,20,22H,5-6,9H2/t16-,17-/m0/s1. The Balaban J connectivity index is 2.06. The van der Waals surface area contributed by atoms with Crippen LogP contribution in [0.4, 0.5) is 0 Å². The first-order chi connectivity index (χ1) is 10.6. The van der Waals surface area contributed by atoms with Crippen molar-refractivity contribution >= 4 is 45.0 Å². The van der Waals surface area contributed by atoms with Crippen molar-refractivity contribution in [3.8, 4) is 0 Å². The number of nitrogens with zero attached hydrogens (tertiary/aromatic N) is 1. The average molecular weight is 335 g/mol. The molecular formula is C17H16Cl2N2O. The molecule has 0 amide bonds. The first kappa shape index (κ1) is 14.3. The number of hydrogen-bond donors (Lipinski definition) is 2. The van der Waals surface area contributed by atoms with Crippen LogP contribution in [-0.2, 0) is 0 Å². The minimum atomic E-state index is -0.355. The van der Waals surface area contributed by atoms with E-state index in [9.17, 15) is 5.11 Å². The van der Waals surface area contributed by atoms with Gasteiger partial charge in [-0.3, -0.25) is 0 Å². The molecule has 0 saturated carbocycles. The normalized spacial score (nSPS) is 22.5. The van der Waals surface area contributed by atoms with Gasteiger partial charge in [-0.1, -0.05) is 23.2 Å². The summed E-state index contributed by atoms with van der Waals surface area (Å²) < 4.78 is 2.22. The first-order valence-electron chi connectivity index (χ1n) is 7.42. The number of nitrogens with one attached hydrogen (secondary N) is 1. The van der Waals surface area contributed by atoms with Gasteiger partial charge in [0.05, 0.1) is 12.1 Å². The zero-order valence-electron chi connectivity index (χ0n) is 11.9. The van der Waals surface area contributed by atoms with Gasteiger partial charge in [-0.05, 0) is 49.4 Å². The van der Waals surface area contributed by atoms with Crippen molar-refractivity contribution in [1.29, 1.82) is 0 Å². The predicted octanol–water partition coefficient (Wildman–Crippen LogP) is 4.00. The van der Waals surface area contributed by atoms with Crippen molar-refractivity contribution in [3.63, 3.8) is 0 Å². The predicted molar refractivity (Wildman–Crippen MR) is 92.0 cm³/mol. The van der Waals surface area contributed by atoms with Crippen LogP contribution in [0, 0.1) is 0 Å². The quantitative estimate of drug-likeness (QED) is 0.705. The molecule has 0 unspecified atom stereocenters. The molecule has 0 bridgehead atoms. The number of fused-ring (bicyclic) bond motifs is 3. The Morgan fingerprint density at radius 1 is 1.00 bits per heavy atom. The first-order valence-corrected chi connectivity index (χ1v) is 8.18. The van der Waals surface area contributed by atoms with Crippen molar-refractivity contribution < 1.29 is 5.11 Å². The fraction of sp³-hybridized carbons (Fsp3) is 0.294. The zero-order valence-corrected chi connectivity index (χ0v) is 13.4. The molecule has 0 radical (unpaired) electrons. The Bertz CT molecular complexity index is 799. The third-order valence-corrected chi connectivity index (χ3v) is 4.94. The third kappa shape index (κ3) is 2.20. The van der Waals surface area contributed by atoms with Crippen molar-refractivity contribution in [2.24, 2.45) is 0 Å². The van der Waals surface area contributed by atoms with Gasteiger partial charge in [-0.15, -0.1) is 0 Å². The zero-order chi connectivity index (χ0) is 15.3. The minimum absolute atomic E-state index is 0.0103. The van der Waals surface area contributed by atoms with Crippen LogP contribution < -0.4 is 5.32 Å². The van der Waals surface area contributed by atoms with E-state index in [1.165, 1.54) is 0 Å². The monoisotopic (exact) mass is 334 g/mol. The van der Waals surface area contributed by atoms with E-state index in [2.05, 4.69) is 9.88 Å². The largest absolute Gasteiger partial charge is 0.391 e. The topological polar surface area (TPSA) is 37.2 Å². The number of benzene rings is 2. The molecule has 1 fully saturated rings. The van der Waals surface area contributed by atoms with Crippen molar-refractivity contribution in [1.82, 2.24) is 9.88 Å². The fourth-order valence-electron chi connectivity index (χ4n) is 3.45. The molecule has 5 heteroatoms. The Morgan fingerprint density at radius 3 is 2.14 bits per heavy atom. The van der Waals surface area contributed by atoms with Crippen LogP contribution in [0.15, 0.2) is 36.4 Å². The molecule has 1 aliphatic heterocycles. The van der Waals surface area contributed by atoms with Gasteiger partial charge in [0.15, 0.2) is 0 Å². The molecule has 1 aliphatic rings. The van der Waals surface area contributed by atoms with Crippen LogP contribution in [-0.4, -0.2) is 28.9 Å². The molecule has 2 aromatic carbocycles. The van der Waals surface area contributed by atoms with Gasteiger partial charge in [0, 0.05) is 38.4 Å². The van der Waals surface area contributed by atoms with Gasteiger partial charge in [0.25, 0.3) is 0 Å². The third-order valence-electron chi connectivity index (χ3n) is 4.47. The van der Waals surface area contributed by atoms with Crippen LogP contribution in [0.2, 0.25) is 10.0 Å². The maximum Gasteiger partial charge on any atom is 0.0772 e. The molecule has 1 aromatic heterocycles. The number of aliphatic hydroxyl groups excluding tert-OH is 1. The summed E-state index contributed by atoms with van der Waals surface area (Å²) in [5, 5.41) is 17.4. The summed E-state index contributed by atoms with van der Waals surface area (Å²) in [6, 6.07) is 11.8. The minimum Gasteiger partial charge on any atom is -0.391 e. The van der Waals surface area contributed by atoms with Crippen LogP contribution >= 0.6 is 23.2 Å². The van der Waals surface area contributed by atoms with Crippen molar-refractivity contribution in [2.45, 2.75) is 18.6 Å². The molecule has 3 nitrogen and oxygen atoms in total. The summed E-state index contributed by atoms with van der Waals surface area (Å²) in [5.41, 5.74) is 2.16. The number of halogens is 2. The molecule has 114 valence electrons. The number of aromatic nitrogens is 1. The van der Waals surface area contributed by atoms with E-state index in [0.717, 1.165) is 41.3 Å². The van der Waals surface area contributed by atoms with E-state index >= 15 is 0 Å². The van der Waals surface area contributed by atoms with E-state index in [-0.39, 0.29) is 12.1 Å². The van der Waals surface area contributed by atoms with Crippen molar-refractivity contribution in [3.05, 3.63) is 46.4 Å². The second-order valence-electron chi connectivity index (χ2n) is 5.82. The average Bonchev–Trinajstić information content (AvgIpc) is 2.81. The highest BCUT2D eigenvalue weighted by Crippen LogP contribution is 2.36. The molecule has 2 N–H and O–H groups in total. The highest BCUT2D eigenvalue weighted by Gasteiger charge is 2.27. The van der Waals surface area contributed by atoms with E-state index in [1.54, 1.807) is 0 Å². The highest BCUT2D eigenvalue weighted by atomic mass is 35.5. The summed E-state index contributed by atoms with van der Waals surface area (Å²) in [5.74, 6) is 0. The van der Waals surface area contributed by atoms with E-state index in [0.29, 0.717) is 10.0 Å². The second-order valence-corrected chi connectivity index (χ2v) is 6.69. The van der Waals surface area contributed by atoms with E-state index in [1.807, 2.05) is 36.4 Å². The number of rotatable bonds is 1. The van der Waals surface area contributed by atoms with Gasteiger partial charge in [0.2, 0.25) is 0 Å². The second kappa shape index (κ2) is 5.43. The van der Waals surface area contributed by atoms with Crippen LogP contribution in [0.25, 0.3) is 21.8 Å². The summed E-state index contributed by atoms with van der Waals surface area (Å²) in [7, 11) is 0. The van der Waals surface area contributed by atoms with Crippen molar-refractivity contribution in [2.75, 3.05) is 13.1 Å². The maximum atomic E-state index is 10.5. The molecule has 22 heavy (non-hydrogen) atoms. The molecular weight excluding hydrogens is 319 g/mol. The van der Waals surface area contributed by atoms with Gasteiger partial charge < -0.3 is 15.0 Å². The number of aliphatic hydroxyl groups is 1. The SMILES string of the molecule is O[C@H]1CCNC[C@@H]1n1c2ccc(Cl)cc2c2cc(Cl)ccc21. The lowest BCUT2D eigenvalue weighted by Crippen LogP contribution is -2.41. The molecule has 0 spiro atoms.